The maximum Gasteiger partial charge on any atom is 0.261 e. The number of hydrogen-bond donors (Lipinski definition) is 0. The fraction of sp³-hybridized carbons (Fsp3) is 0.462. The first-order valence-corrected chi connectivity index (χ1v) is 13.7. The first kappa shape index (κ1) is 24.4. The summed E-state index contributed by atoms with van der Waals surface area (Å²) < 4.78 is 45.7. The largest absolute Gasteiger partial charge is 0.490 e. The van der Waals surface area contributed by atoms with Crippen LogP contribution in [-0.4, -0.2) is 49.8 Å². The topological polar surface area (TPSA) is 80.8 Å². The summed E-state index contributed by atoms with van der Waals surface area (Å²) in [6.45, 7) is 2.47. The van der Waals surface area contributed by atoms with E-state index >= 15 is 0 Å². The fourth-order valence-corrected chi connectivity index (χ4v) is 6.03. The van der Waals surface area contributed by atoms with E-state index in [1.54, 1.807) is 49.4 Å². The Kier molecular flexibility index (Phi) is 7.36. The maximum absolute atomic E-state index is 14.9. The molecule has 2 aliphatic rings. The normalized spacial score (nSPS) is 16.6. The second kappa shape index (κ2) is 10.3. The summed E-state index contributed by atoms with van der Waals surface area (Å²) in [6, 6.07) is 11.6. The lowest BCUT2D eigenvalue weighted by Crippen LogP contribution is -2.30. The van der Waals surface area contributed by atoms with E-state index in [1.165, 1.54) is 4.90 Å². The maximum atomic E-state index is 14.9. The number of carbonyl (C=O) groups excluding carboxylic acids is 2. The third-order valence-corrected chi connectivity index (χ3v) is 8.33. The van der Waals surface area contributed by atoms with E-state index in [9.17, 15) is 22.4 Å². The van der Waals surface area contributed by atoms with Gasteiger partial charge in [-0.25, -0.2) is 12.8 Å². The number of imide groups is 1. The molecule has 1 aliphatic carbocycles. The van der Waals surface area contributed by atoms with Gasteiger partial charge < -0.3 is 4.74 Å². The van der Waals surface area contributed by atoms with Gasteiger partial charge in [0.2, 0.25) is 0 Å². The Hall–Kier alpha value is -2.74. The Morgan fingerprint density at radius 2 is 1.68 bits per heavy atom. The lowest BCUT2D eigenvalue weighted by Gasteiger charge is -2.16. The molecule has 1 aliphatic heterocycles. The zero-order valence-corrected chi connectivity index (χ0v) is 20.2. The van der Waals surface area contributed by atoms with Crippen LogP contribution < -0.4 is 4.74 Å². The van der Waals surface area contributed by atoms with E-state index in [0.29, 0.717) is 48.5 Å². The zero-order valence-electron chi connectivity index (χ0n) is 19.3. The van der Waals surface area contributed by atoms with Crippen molar-refractivity contribution >= 4 is 21.7 Å². The summed E-state index contributed by atoms with van der Waals surface area (Å²) in [6.07, 6.45) is 3.74. The molecule has 4 rings (SSSR count). The van der Waals surface area contributed by atoms with Crippen molar-refractivity contribution in [3.05, 3.63) is 65.0 Å². The molecule has 0 radical (unpaired) electrons. The number of unbranched alkanes of at least 4 members (excludes halogenated alkanes) is 2. The molecule has 182 valence electrons. The average molecular weight is 488 g/mol. The summed E-state index contributed by atoms with van der Waals surface area (Å²) in [4.78, 5) is 26.0. The van der Waals surface area contributed by atoms with Crippen molar-refractivity contribution in [1.29, 1.82) is 0 Å². The smallest absolute Gasteiger partial charge is 0.261 e. The van der Waals surface area contributed by atoms with E-state index in [4.69, 9.17) is 4.74 Å². The molecule has 0 aromatic heterocycles. The van der Waals surface area contributed by atoms with Gasteiger partial charge in [0.25, 0.3) is 11.8 Å². The molecule has 1 heterocycles. The number of amides is 2. The fourth-order valence-electron chi connectivity index (χ4n) is 4.28. The van der Waals surface area contributed by atoms with Crippen molar-refractivity contribution in [1.82, 2.24) is 4.90 Å². The molecule has 1 saturated carbocycles. The van der Waals surface area contributed by atoms with Crippen LogP contribution in [0.5, 0.6) is 5.75 Å². The number of nitrogens with zero attached hydrogens (tertiary/aromatic N) is 1. The summed E-state index contributed by atoms with van der Waals surface area (Å²) in [5.41, 5.74) is 1.18. The lowest BCUT2D eigenvalue weighted by atomic mass is 10.0. The highest BCUT2D eigenvalue weighted by Gasteiger charge is 2.34. The SMILES string of the molecule is C[C@H](CS(=O)(=O)CCCCCN1C(=O)c2ccccc2C1=O)c1cccc(OCC2CC2)c1F. The minimum atomic E-state index is -3.39. The molecule has 34 heavy (non-hydrogen) atoms. The third kappa shape index (κ3) is 5.66. The Morgan fingerprint density at radius 1 is 1.00 bits per heavy atom. The molecule has 8 heteroatoms. The number of halogens is 1. The lowest BCUT2D eigenvalue weighted by molar-refractivity contribution is 0.0651. The summed E-state index contributed by atoms with van der Waals surface area (Å²) in [7, 11) is -3.39. The Bertz CT molecular complexity index is 1140. The van der Waals surface area contributed by atoms with Gasteiger partial charge in [-0.05, 0) is 61.3 Å². The van der Waals surface area contributed by atoms with Crippen molar-refractivity contribution < 1.29 is 27.1 Å². The Balaban J connectivity index is 1.23. The highest BCUT2D eigenvalue weighted by atomic mass is 32.2. The monoisotopic (exact) mass is 487 g/mol. The van der Waals surface area contributed by atoms with Gasteiger partial charge in [-0.3, -0.25) is 14.5 Å². The molecule has 0 bridgehead atoms. The van der Waals surface area contributed by atoms with Crippen LogP contribution in [0.1, 0.15) is 71.2 Å². The van der Waals surface area contributed by atoms with E-state index in [-0.39, 0.29) is 35.6 Å². The minimum absolute atomic E-state index is 0.0149. The standard InChI is InChI=1S/C26H30FNO5S/c1-18(20-10-7-11-23(24(20)27)33-16-19-12-13-19)17-34(31,32)15-6-2-5-14-28-25(29)21-8-3-4-9-22(21)26(28)30/h3-4,7-11,18-19H,2,5-6,12-17H2,1H3/t18-/m1/s1. The molecular formula is C26H30FNO5S. The summed E-state index contributed by atoms with van der Waals surface area (Å²) in [5, 5.41) is 0. The van der Waals surface area contributed by atoms with Crippen LogP contribution in [0.3, 0.4) is 0 Å². The second-order valence-electron chi connectivity index (χ2n) is 9.30. The van der Waals surface area contributed by atoms with Crippen LogP contribution in [0.25, 0.3) is 0 Å². The number of sulfone groups is 1. The van der Waals surface area contributed by atoms with Crippen LogP contribution in [0.4, 0.5) is 4.39 Å². The molecule has 2 aromatic rings. The van der Waals surface area contributed by atoms with Gasteiger partial charge in [0, 0.05) is 6.54 Å². The molecule has 1 atom stereocenters. The molecule has 6 nitrogen and oxygen atoms in total. The van der Waals surface area contributed by atoms with Crippen molar-refractivity contribution in [2.24, 2.45) is 5.92 Å². The zero-order chi connectivity index (χ0) is 24.3. The van der Waals surface area contributed by atoms with Gasteiger partial charge in [-0.1, -0.05) is 37.6 Å². The summed E-state index contributed by atoms with van der Waals surface area (Å²) in [5.74, 6) is -1.05. The molecule has 0 spiro atoms. The molecular weight excluding hydrogens is 457 g/mol. The molecule has 2 amide bonds. The van der Waals surface area contributed by atoms with E-state index in [0.717, 1.165) is 12.8 Å². The van der Waals surface area contributed by atoms with Gasteiger partial charge in [0.15, 0.2) is 21.4 Å². The van der Waals surface area contributed by atoms with E-state index in [2.05, 4.69) is 0 Å². The number of benzene rings is 2. The average Bonchev–Trinajstić information content (AvgIpc) is 3.60. The first-order valence-electron chi connectivity index (χ1n) is 11.8. The predicted octanol–water partition coefficient (Wildman–Crippen LogP) is 4.60. The molecule has 0 N–H and O–H groups in total. The molecule has 2 aromatic carbocycles. The van der Waals surface area contributed by atoms with Crippen molar-refractivity contribution in [3.8, 4) is 5.75 Å². The number of carbonyl (C=O) groups is 2. The Labute approximate surface area is 200 Å². The quantitative estimate of drug-likeness (QED) is 0.323. The predicted molar refractivity (Wildman–Crippen MR) is 127 cm³/mol. The van der Waals surface area contributed by atoms with Crippen molar-refractivity contribution in [3.63, 3.8) is 0 Å². The van der Waals surface area contributed by atoms with Gasteiger partial charge in [0.05, 0.1) is 29.2 Å². The molecule has 0 unspecified atom stereocenters. The summed E-state index contributed by atoms with van der Waals surface area (Å²) >= 11 is 0. The van der Waals surface area contributed by atoms with E-state index in [1.807, 2.05) is 0 Å². The number of fused-ring (bicyclic) bond motifs is 1. The minimum Gasteiger partial charge on any atom is -0.490 e. The van der Waals surface area contributed by atoms with Gasteiger partial charge >= 0.3 is 0 Å². The van der Waals surface area contributed by atoms with Crippen molar-refractivity contribution in [2.45, 2.75) is 44.9 Å². The van der Waals surface area contributed by atoms with Gasteiger partial charge in [-0.15, -0.1) is 0 Å². The Morgan fingerprint density at radius 3 is 2.32 bits per heavy atom. The number of ether oxygens (including phenoxy) is 1. The molecule has 0 saturated heterocycles. The van der Waals surface area contributed by atoms with E-state index < -0.39 is 21.6 Å². The van der Waals surface area contributed by atoms with Crippen LogP contribution in [0.2, 0.25) is 0 Å². The number of rotatable bonds is 12. The third-order valence-electron chi connectivity index (χ3n) is 6.41. The van der Waals surface area contributed by atoms with Gasteiger partial charge in [-0.2, -0.15) is 0 Å². The number of hydrogen-bond acceptors (Lipinski definition) is 5. The highest BCUT2D eigenvalue weighted by Crippen LogP contribution is 2.32. The van der Waals surface area contributed by atoms with Gasteiger partial charge in [0.1, 0.15) is 0 Å². The highest BCUT2D eigenvalue weighted by molar-refractivity contribution is 7.91. The van der Waals surface area contributed by atoms with Crippen LogP contribution in [-0.2, 0) is 9.84 Å². The molecule has 1 fully saturated rings. The first-order chi connectivity index (χ1) is 16.3. The van der Waals surface area contributed by atoms with Crippen molar-refractivity contribution in [2.75, 3.05) is 24.7 Å². The van der Waals surface area contributed by atoms with Crippen LogP contribution in [0.15, 0.2) is 42.5 Å². The second-order valence-corrected chi connectivity index (χ2v) is 11.5. The van der Waals surface area contributed by atoms with Crippen LogP contribution in [0, 0.1) is 11.7 Å². The van der Waals surface area contributed by atoms with Crippen LogP contribution >= 0.6 is 0 Å².